The fraction of sp³-hybridized carbons (Fsp3) is 0.250. The molecule has 0 radical (unpaired) electrons. The highest BCUT2D eigenvalue weighted by Gasteiger charge is 2.32. The average Bonchev–Trinajstić information content (AvgIpc) is 3.16. The molecule has 1 amide bonds. The summed E-state index contributed by atoms with van der Waals surface area (Å²) < 4.78 is 0. The second-order valence-electron chi connectivity index (χ2n) is 6.63. The van der Waals surface area contributed by atoms with Gasteiger partial charge in [-0.25, -0.2) is 0 Å². The molecule has 0 unspecified atom stereocenters. The summed E-state index contributed by atoms with van der Waals surface area (Å²) in [7, 11) is 0. The van der Waals surface area contributed by atoms with Crippen molar-refractivity contribution in [3.8, 4) is 0 Å². The summed E-state index contributed by atoms with van der Waals surface area (Å²) in [5, 5.41) is 14.3. The Morgan fingerprint density at radius 1 is 1.24 bits per heavy atom. The van der Waals surface area contributed by atoms with Crippen LogP contribution >= 0.6 is 0 Å². The normalized spacial score (nSPS) is 20.4. The number of aliphatic hydroxyl groups excluding tert-OH is 1. The van der Waals surface area contributed by atoms with Crippen LogP contribution in [0.25, 0.3) is 10.9 Å². The number of nitrogens with two attached hydrogens (primary N) is 1. The van der Waals surface area contributed by atoms with Crippen LogP contribution in [0.2, 0.25) is 0 Å². The highest BCUT2D eigenvalue weighted by atomic mass is 16.3. The summed E-state index contributed by atoms with van der Waals surface area (Å²) in [4.78, 5) is 15.8. The Bertz CT molecular complexity index is 918. The van der Waals surface area contributed by atoms with Crippen molar-refractivity contribution in [2.75, 3.05) is 0 Å². The predicted octanol–water partition coefficient (Wildman–Crippen LogP) is 1.81. The number of carbonyl (C=O) groups excluding carboxylic acids is 1. The second kappa shape index (κ2) is 6.35. The van der Waals surface area contributed by atoms with Crippen molar-refractivity contribution >= 4 is 16.8 Å². The quantitative estimate of drug-likeness (QED) is 0.586. The van der Waals surface area contributed by atoms with E-state index in [1.165, 1.54) is 0 Å². The van der Waals surface area contributed by atoms with Crippen LogP contribution in [0.3, 0.4) is 0 Å². The predicted molar refractivity (Wildman–Crippen MR) is 97.0 cm³/mol. The fourth-order valence-electron chi connectivity index (χ4n) is 3.64. The van der Waals surface area contributed by atoms with Crippen LogP contribution in [0, 0.1) is 0 Å². The van der Waals surface area contributed by atoms with Gasteiger partial charge in [-0.1, -0.05) is 42.5 Å². The van der Waals surface area contributed by atoms with Crippen molar-refractivity contribution in [3.63, 3.8) is 0 Å². The molecular formula is C20H21N3O2. The molecule has 0 spiro atoms. The Hall–Kier alpha value is -2.63. The maximum Gasteiger partial charge on any atom is 0.237 e. The Morgan fingerprint density at radius 2 is 2.00 bits per heavy atom. The molecule has 3 aromatic rings. The van der Waals surface area contributed by atoms with Crippen molar-refractivity contribution in [3.05, 3.63) is 71.4 Å². The molecule has 128 valence electrons. The van der Waals surface area contributed by atoms with E-state index >= 15 is 0 Å². The van der Waals surface area contributed by atoms with Crippen LogP contribution in [0.1, 0.15) is 22.7 Å². The lowest BCUT2D eigenvalue weighted by Gasteiger charge is -2.20. The highest BCUT2D eigenvalue weighted by Crippen LogP contribution is 2.31. The summed E-state index contributed by atoms with van der Waals surface area (Å²) in [5.41, 5.74) is 10.2. The lowest BCUT2D eigenvalue weighted by atomic mass is 10.0. The van der Waals surface area contributed by atoms with Gasteiger partial charge in [0.05, 0.1) is 18.2 Å². The van der Waals surface area contributed by atoms with Gasteiger partial charge in [0.15, 0.2) is 0 Å². The SMILES string of the molecule is N[C@@H](Cc1c[nH]c2ccccc12)C(=O)N[C@@H]1c2ccccc2C[C@@H]1O. The van der Waals surface area contributed by atoms with E-state index in [0.29, 0.717) is 12.8 Å². The standard InChI is InChI=1S/C20H21N3O2/c21-16(9-13-11-22-17-8-4-3-6-14(13)17)20(25)23-19-15-7-2-1-5-12(15)10-18(19)24/h1-8,11,16,18-19,22,24H,9-10,21H2,(H,23,25)/t16-,18-,19+/m0/s1. The van der Waals surface area contributed by atoms with E-state index < -0.39 is 18.2 Å². The Kier molecular flexibility index (Phi) is 4.03. The zero-order chi connectivity index (χ0) is 17.4. The molecule has 0 bridgehead atoms. The van der Waals surface area contributed by atoms with Crippen molar-refractivity contribution in [1.82, 2.24) is 10.3 Å². The summed E-state index contributed by atoms with van der Waals surface area (Å²) in [5.74, 6) is -0.244. The summed E-state index contributed by atoms with van der Waals surface area (Å²) >= 11 is 0. The number of amides is 1. The number of rotatable bonds is 4. The molecule has 4 rings (SSSR count). The number of aromatic nitrogens is 1. The van der Waals surface area contributed by atoms with Crippen LogP contribution in [0.4, 0.5) is 0 Å². The smallest absolute Gasteiger partial charge is 0.237 e. The van der Waals surface area contributed by atoms with Gasteiger partial charge in [0.1, 0.15) is 0 Å². The molecule has 3 atom stereocenters. The maximum absolute atomic E-state index is 12.6. The zero-order valence-electron chi connectivity index (χ0n) is 13.8. The Labute approximate surface area is 145 Å². The van der Waals surface area contributed by atoms with Gasteiger partial charge in [-0.3, -0.25) is 4.79 Å². The van der Waals surface area contributed by atoms with E-state index in [2.05, 4.69) is 10.3 Å². The van der Waals surface area contributed by atoms with Gasteiger partial charge in [-0.2, -0.15) is 0 Å². The first-order valence-electron chi connectivity index (χ1n) is 8.50. The van der Waals surface area contributed by atoms with E-state index in [0.717, 1.165) is 27.6 Å². The molecule has 5 N–H and O–H groups in total. The van der Waals surface area contributed by atoms with Crippen molar-refractivity contribution in [1.29, 1.82) is 0 Å². The first kappa shape index (κ1) is 15.9. The number of hydrogen-bond donors (Lipinski definition) is 4. The molecule has 1 aliphatic rings. The Morgan fingerprint density at radius 3 is 2.88 bits per heavy atom. The third-order valence-electron chi connectivity index (χ3n) is 4.95. The fourth-order valence-corrected chi connectivity index (χ4v) is 3.64. The van der Waals surface area contributed by atoms with E-state index in [4.69, 9.17) is 5.73 Å². The zero-order valence-corrected chi connectivity index (χ0v) is 13.8. The first-order chi connectivity index (χ1) is 12.1. The van der Waals surface area contributed by atoms with E-state index in [-0.39, 0.29) is 5.91 Å². The van der Waals surface area contributed by atoms with Gasteiger partial charge in [0, 0.05) is 23.5 Å². The van der Waals surface area contributed by atoms with Crippen molar-refractivity contribution in [2.45, 2.75) is 31.0 Å². The third-order valence-corrected chi connectivity index (χ3v) is 4.95. The first-order valence-corrected chi connectivity index (χ1v) is 8.50. The van der Waals surface area contributed by atoms with E-state index in [1.54, 1.807) is 0 Å². The molecular weight excluding hydrogens is 314 g/mol. The molecule has 0 saturated heterocycles. The number of H-pyrrole nitrogens is 1. The van der Waals surface area contributed by atoms with Gasteiger partial charge in [-0.15, -0.1) is 0 Å². The lowest BCUT2D eigenvalue weighted by molar-refractivity contribution is -0.123. The summed E-state index contributed by atoms with van der Waals surface area (Å²) in [6.07, 6.45) is 2.29. The van der Waals surface area contributed by atoms with Gasteiger partial charge < -0.3 is 21.1 Å². The molecule has 1 aliphatic carbocycles. The minimum atomic E-state index is -0.667. The molecule has 0 saturated carbocycles. The number of hydrogen-bond acceptors (Lipinski definition) is 3. The molecule has 1 heterocycles. The number of para-hydroxylation sites is 1. The highest BCUT2D eigenvalue weighted by molar-refractivity contribution is 5.86. The van der Waals surface area contributed by atoms with Crippen LogP contribution in [0.15, 0.2) is 54.7 Å². The topological polar surface area (TPSA) is 91.1 Å². The van der Waals surface area contributed by atoms with Gasteiger partial charge in [0.2, 0.25) is 5.91 Å². The molecule has 2 aromatic carbocycles. The number of nitrogens with one attached hydrogen (secondary N) is 2. The van der Waals surface area contributed by atoms with Gasteiger partial charge in [-0.05, 0) is 29.2 Å². The second-order valence-corrected chi connectivity index (χ2v) is 6.63. The molecule has 5 nitrogen and oxygen atoms in total. The maximum atomic E-state index is 12.6. The minimum absolute atomic E-state index is 0.244. The molecule has 1 aromatic heterocycles. The molecule has 0 aliphatic heterocycles. The van der Waals surface area contributed by atoms with Crippen molar-refractivity contribution in [2.24, 2.45) is 5.73 Å². The third kappa shape index (κ3) is 2.92. The summed E-state index contributed by atoms with van der Waals surface area (Å²) in [6.45, 7) is 0. The monoisotopic (exact) mass is 335 g/mol. The number of fused-ring (bicyclic) bond motifs is 2. The van der Waals surface area contributed by atoms with Gasteiger partial charge in [0.25, 0.3) is 0 Å². The number of benzene rings is 2. The summed E-state index contributed by atoms with van der Waals surface area (Å²) in [6, 6.07) is 14.7. The van der Waals surface area contributed by atoms with Crippen LogP contribution in [-0.2, 0) is 17.6 Å². The molecule has 25 heavy (non-hydrogen) atoms. The van der Waals surface area contributed by atoms with Crippen LogP contribution in [-0.4, -0.2) is 28.1 Å². The number of aromatic amines is 1. The largest absolute Gasteiger partial charge is 0.390 e. The average molecular weight is 335 g/mol. The van der Waals surface area contributed by atoms with Crippen LogP contribution < -0.4 is 11.1 Å². The van der Waals surface area contributed by atoms with Crippen LogP contribution in [0.5, 0.6) is 0 Å². The van der Waals surface area contributed by atoms with E-state index in [1.807, 2.05) is 54.7 Å². The molecule has 5 heteroatoms. The van der Waals surface area contributed by atoms with E-state index in [9.17, 15) is 9.90 Å². The van der Waals surface area contributed by atoms with Crippen molar-refractivity contribution < 1.29 is 9.90 Å². The number of aliphatic hydroxyl groups is 1. The van der Waals surface area contributed by atoms with Gasteiger partial charge >= 0.3 is 0 Å². The molecule has 0 fully saturated rings. The number of carbonyl (C=O) groups is 1. The minimum Gasteiger partial charge on any atom is -0.390 e. The Balaban J connectivity index is 1.48. The lowest BCUT2D eigenvalue weighted by Crippen LogP contribution is -2.45.